The molecule has 2 N–H and O–H groups in total. The Balaban J connectivity index is 1.74. The van der Waals surface area contributed by atoms with Crippen LogP contribution in [0.3, 0.4) is 0 Å². The fraction of sp³-hybridized carbons (Fsp3) is 0.294. The van der Waals surface area contributed by atoms with Gasteiger partial charge in [0.1, 0.15) is 5.52 Å². The van der Waals surface area contributed by atoms with Crippen molar-refractivity contribution in [3.8, 4) is 11.3 Å². The fourth-order valence-corrected chi connectivity index (χ4v) is 3.17. The van der Waals surface area contributed by atoms with Gasteiger partial charge in [0.05, 0.1) is 30.6 Å². The molecule has 0 bridgehead atoms. The first-order chi connectivity index (χ1) is 12.1. The summed E-state index contributed by atoms with van der Waals surface area (Å²) in [4.78, 5) is 4.16. The van der Waals surface area contributed by atoms with Crippen molar-refractivity contribution in [2.24, 2.45) is 0 Å². The second-order valence-corrected chi connectivity index (χ2v) is 6.33. The smallest absolute Gasteiger partial charge is 0.241 e. The summed E-state index contributed by atoms with van der Waals surface area (Å²) in [5.41, 5.74) is 1.47. The van der Waals surface area contributed by atoms with Gasteiger partial charge in [-0.25, -0.2) is 13.9 Å². The Morgan fingerprint density at radius 3 is 3.00 bits per heavy atom. The Morgan fingerprint density at radius 1 is 1.36 bits per heavy atom. The zero-order valence-electron chi connectivity index (χ0n) is 13.2. The Morgan fingerprint density at radius 2 is 2.20 bits per heavy atom. The van der Waals surface area contributed by atoms with Crippen molar-refractivity contribution in [3.05, 3.63) is 47.4 Å². The molecule has 1 aliphatic heterocycles. The summed E-state index contributed by atoms with van der Waals surface area (Å²) < 4.78 is 20.9. The van der Waals surface area contributed by atoms with E-state index in [0.29, 0.717) is 35.3 Å². The number of aliphatic hydroxyl groups excluding tert-OH is 1. The largest absolute Gasteiger partial charge is 0.389 e. The highest BCUT2D eigenvalue weighted by atomic mass is 35.5. The number of fused-ring (bicyclic) bond motifs is 1. The van der Waals surface area contributed by atoms with E-state index in [1.165, 1.54) is 16.8 Å². The summed E-state index contributed by atoms with van der Waals surface area (Å²) in [5, 5.41) is 18.0. The molecule has 130 valence electrons. The minimum absolute atomic E-state index is 0.213. The predicted molar refractivity (Wildman–Crippen MR) is 92.2 cm³/mol. The van der Waals surface area contributed by atoms with Crippen LogP contribution in [-0.2, 0) is 4.74 Å². The molecule has 0 aliphatic carbocycles. The second kappa shape index (κ2) is 6.59. The average Bonchev–Trinajstić information content (AvgIpc) is 2.94. The zero-order valence-corrected chi connectivity index (χ0v) is 13.9. The van der Waals surface area contributed by atoms with E-state index in [4.69, 9.17) is 16.3 Å². The molecule has 0 spiro atoms. The van der Waals surface area contributed by atoms with E-state index in [1.54, 1.807) is 12.1 Å². The van der Waals surface area contributed by atoms with Crippen molar-refractivity contribution in [1.29, 1.82) is 0 Å². The van der Waals surface area contributed by atoms with Gasteiger partial charge in [-0.05, 0) is 12.5 Å². The number of halogens is 2. The van der Waals surface area contributed by atoms with Gasteiger partial charge in [0.15, 0.2) is 5.82 Å². The lowest BCUT2D eigenvalue weighted by Gasteiger charge is -2.28. The molecule has 1 aromatic carbocycles. The van der Waals surface area contributed by atoms with E-state index in [0.717, 1.165) is 0 Å². The summed E-state index contributed by atoms with van der Waals surface area (Å²) in [6.07, 6.45) is 1.41. The number of benzene rings is 1. The maximum absolute atomic E-state index is 14.3. The third kappa shape index (κ3) is 3.06. The molecule has 4 rings (SSSR count). The van der Waals surface area contributed by atoms with Crippen LogP contribution in [-0.4, -0.2) is 45.1 Å². The van der Waals surface area contributed by atoms with Crippen LogP contribution in [0.25, 0.3) is 16.8 Å². The topological polar surface area (TPSA) is 71.7 Å². The number of hydrogen-bond acceptors (Lipinski definition) is 5. The van der Waals surface area contributed by atoms with E-state index in [1.807, 2.05) is 12.1 Å². The normalized spacial score (nSPS) is 20.8. The van der Waals surface area contributed by atoms with Crippen LogP contribution in [0.2, 0.25) is 5.02 Å². The molecule has 0 saturated carbocycles. The molecule has 0 unspecified atom stereocenters. The van der Waals surface area contributed by atoms with Crippen molar-refractivity contribution in [2.45, 2.75) is 18.6 Å². The standard InChI is InChI=1S/C17H16ClFN4O2/c18-11-4-2-1-3-10(11)14-7-12(19)15-8-20-17(22-23(14)15)21-13-5-6-25-9-16(13)24/h1-4,7-8,13,16,24H,5-6,9H2,(H,21,22)/t13-,16-/m1/s1. The van der Waals surface area contributed by atoms with Gasteiger partial charge in [-0.15, -0.1) is 5.10 Å². The number of aliphatic hydroxyl groups is 1. The lowest BCUT2D eigenvalue weighted by atomic mass is 10.1. The Bertz CT molecular complexity index is 917. The Kier molecular flexibility index (Phi) is 4.29. The van der Waals surface area contributed by atoms with E-state index < -0.39 is 11.9 Å². The molecule has 3 heterocycles. The highest BCUT2D eigenvalue weighted by molar-refractivity contribution is 6.33. The van der Waals surface area contributed by atoms with E-state index >= 15 is 0 Å². The van der Waals surface area contributed by atoms with Gasteiger partial charge in [-0.2, -0.15) is 0 Å². The molecular formula is C17H16ClFN4O2. The lowest BCUT2D eigenvalue weighted by molar-refractivity contribution is -0.0136. The average molecular weight is 363 g/mol. The third-order valence-corrected chi connectivity index (χ3v) is 4.59. The molecule has 0 radical (unpaired) electrons. The van der Waals surface area contributed by atoms with Crippen LogP contribution in [0, 0.1) is 5.82 Å². The van der Waals surface area contributed by atoms with Gasteiger partial charge in [0.25, 0.3) is 0 Å². The monoisotopic (exact) mass is 362 g/mol. The Hall–Kier alpha value is -2.22. The van der Waals surface area contributed by atoms with E-state index in [2.05, 4.69) is 15.4 Å². The van der Waals surface area contributed by atoms with Gasteiger partial charge < -0.3 is 15.2 Å². The maximum Gasteiger partial charge on any atom is 0.241 e. The lowest BCUT2D eigenvalue weighted by Crippen LogP contribution is -2.42. The first-order valence-corrected chi connectivity index (χ1v) is 8.33. The maximum atomic E-state index is 14.3. The molecular weight excluding hydrogens is 347 g/mol. The van der Waals surface area contributed by atoms with Crippen molar-refractivity contribution < 1.29 is 14.2 Å². The minimum atomic E-state index is -0.641. The van der Waals surface area contributed by atoms with Crippen LogP contribution >= 0.6 is 11.6 Å². The van der Waals surface area contributed by atoms with Crippen molar-refractivity contribution in [2.75, 3.05) is 18.5 Å². The quantitative estimate of drug-likeness (QED) is 0.749. The van der Waals surface area contributed by atoms with Crippen molar-refractivity contribution in [3.63, 3.8) is 0 Å². The zero-order chi connectivity index (χ0) is 17.4. The van der Waals surface area contributed by atoms with Gasteiger partial charge >= 0.3 is 0 Å². The SMILES string of the molecule is O[C@@H]1COCC[C@H]1Nc1ncc2c(F)cc(-c3ccccc3Cl)n2n1. The number of nitrogens with zero attached hydrogens (tertiary/aromatic N) is 3. The highest BCUT2D eigenvalue weighted by Crippen LogP contribution is 2.30. The van der Waals surface area contributed by atoms with Crippen LogP contribution in [0.5, 0.6) is 0 Å². The van der Waals surface area contributed by atoms with E-state index in [9.17, 15) is 9.50 Å². The van der Waals surface area contributed by atoms with Crippen LogP contribution in [0.4, 0.5) is 10.3 Å². The number of aromatic nitrogens is 3. The molecule has 2 aromatic heterocycles. The van der Waals surface area contributed by atoms with Crippen LogP contribution < -0.4 is 5.32 Å². The summed E-state index contributed by atoms with van der Waals surface area (Å²) in [5.74, 6) is -0.116. The fourth-order valence-electron chi connectivity index (χ4n) is 2.94. The van der Waals surface area contributed by atoms with Crippen molar-refractivity contribution >= 4 is 23.1 Å². The first-order valence-electron chi connectivity index (χ1n) is 7.95. The number of nitrogens with one attached hydrogen (secondary N) is 1. The summed E-state index contributed by atoms with van der Waals surface area (Å²) >= 11 is 6.24. The molecule has 6 nitrogen and oxygen atoms in total. The molecule has 1 saturated heterocycles. The predicted octanol–water partition coefficient (Wildman–Crippen LogP) is 2.75. The highest BCUT2D eigenvalue weighted by Gasteiger charge is 2.24. The number of ether oxygens (including phenoxy) is 1. The van der Waals surface area contributed by atoms with E-state index in [-0.39, 0.29) is 18.2 Å². The molecule has 8 heteroatoms. The second-order valence-electron chi connectivity index (χ2n) is 5.92. The van der Waals surface area contributed by atoms with Gasteiger partial charge in [0.2, 0.25) is 5.95 Å². The van der Waals surface area contributed by atoms with Gasteiger partial charge in [-0.1, -0.05) is 29.8 Å². The number of anilines is 1. The van der Waals surface area contributed by atoms with Crippen LogP contribution in [0.15, 0.2) is 36.5 Å². The van der Waals surface area contributed by atoms with Gasteiger partial charge in [0, 0.05) is 23.3 Å². The summed E-state index contributed by atoms with van der Waals surface area (Å²) in [7, 11) is 0. The van der Waals surface area contributed by atoms with Crippen molar-refractivity contribution in [1.82, 2.24) is 14.6 Å². The molecule has 3 aromatic rings. The first kappa shape index (κ1) is 16.3. The summed E-state index contributed by atoms with van der Waals surface area (Å²) in [6, 6.07) is 8.37. The number of hydrogen-bond donors (Lipinski definition) is 2. The molecule has 0 amide bonds. The van der Waals surface area contributed by atoms with Gasteiger partial charge in [-0.3, -0.25) is 0 Å². The minimum Gasteiger partial charge on any atom is -0.389 e. The summed E-state index contributed by atoms with van der Waals surface area (Å²) in [6.45, 7) is 0.822. The third-order valence-electron chi connectivity index (χ3n) is 4.26. The van der Waals surface area contributed by atoms with Crippen LogP contribution in [0.1, 0.15) is 6.42 Å². The molecule has 1 aliphatic rings. The number of rotatable bonds is 3. The molecule has 1 fully saturated rings. The Labute approximate surface area is 148 Å². The molecule has 25 heavy (non-hydrogen) atoms. The molecule has 2 atom stereocenters.